The van der Waals surface area contributed by atoms with E-state index in [9.17, 15) is 4.79 Å². The lowest BCUT2D eigenvalue weighted by molar-refractivity contribution is 0.103. The Labute approximate surface area is 189 Å². The SMILES string of the molecule is Cc1ccc(Cl)c(OCc2csc(C(=O)Nc3cnn(Cc4cn(C)nc4C)c3)c2)c1. The zero-order valence-electron chi connectivity index (χ0n) is 17.4. The maximum atomic E-state index is 12.6. The highest BCUT2D eigenvalue weighted by Crippen LogP contribution is 2.27. The van der Waals surface area contributed by atoms with Gasteiger partial charge >= 0.3 is 0 Å². The number of hydrogen-bond donors (Lipinski definition) is 1. The van der Waals surface area contributed by atoms with Gasteiger partial charge in [0.15, 0.2) is 0 Å². The minimum absolute atomic E-state index is 0.179. The van der Waals surface area contributed by atoms with E-state index in [2.05, 4.69) is 15.5 Å². The van der Waals surface area contributed by atoms with Gasteiger partial charge in [-0.1, -0.05) is 17.7 Å². The molecule has 0 saturated heterocycles. The van der Waals surface area contributed by atoms with Crippen LogP contribution in [0.2, 0.25) is 5.02 Å². The Kier molecular flexibility index (Phi) is 6.11. The Morgan fingerprint density at radius 3 is 2.87 bits per heavy atom. The molecular weight excluding hydrogens is 434 g/mol. The Morgan fingerprint density at radius 2 is 2.10 bits per heavy atom. The van der Waals surface area contributed by atoms with Crippen molar-refractivity contribution in [2.75, 3.05) is 5.32 Å². The van der Waals surface area contributed by atoms with Gasteiger partial charge in [-0.2, -0.15) is 10.2 Å². The van der Waals surface area contributed by atoms with Crippen molar-refractivity contribution >= 4 is 34.5 Å². The summed E-state index contributed by atoms with van der Waals surface area (Å²) in [5, 5.41) is 14.0. The number of aryl methyl sites for hydroxylation is 3. The molecule has 1 aromatic carbocycles. The van der Waals surface area contributed by atoms with Crippen molar-refractivity contribution in [3.63, 3.8) is 0 Å². The Balaban J connectivity index is 1.35. The first-order valence-electron chi connectivity index (χ1n) is 9.66. The summed E-state index contributed by atoms with van der Waals surface area (Å²) in [5.74, 6) is 0.456. The highest BCUT2D eigenvalue weighted by molar-refractivity contribution is 7.12. The maximum absolute atomic E-state index is 12.6. The van der Waals surface area contributed by atoms with Gasteiger partial charge in [0, 0.05) is 30.6 Å². The molecule has 1 amide bonds. The molecule has 0 spiro atoms. The third-order valence-electron chi connectivity index (χ3n) is 4.70. The fourth-order valence-electron chi connectivity index (χ4n) is 3.14. The second kappa shape index (κ2) is 8.95. The van der Waals surface area contributed by atoms with E-state index in [-0.39, 0.29) is 5.91 Å². The number of carbonyl (C=O) groups is 1. The molecule has 31 heavy (non-hydrogen) atoms. The van der Waals surface area contributed by atoms with Crippen molar-refractivity contribution in [3.05, 3.63) is 80.5 Å². The molecule has 0 aliphatic heterocycles. The van der Waals surface area contributed by atoms with Crippen molar-refractivity contribution in [2.45, 2.75) is 27.0 Å². The number of hydrogen-bond acceptors (Lipinski definition) is 5. The van der Waals surface area contributed by atoms with Crippen LogP contribution in [0, 0.1) is 13.8 Å². The average Bonchev–Trinajstić information content (AvgIpc) is 3.44. The Morgan fingerprint density at radius 1 is 1.26 bits per heavy atom. The summed E-state index contributed by atoms with van der Waals surface area (Å²) in [6.07, 6.45) is 5.41. The Bertz CT molecular complexity index is 1230. The first-order valence-corrected chi connectivity index (χ1v) is 10.9. The molecule has 0 radical (unpaired) electrons. The van der Waals surface area contributed by atoms with Crippen LogP contribution in [0.1, 0.15) is 32.1 Å². The first-order chi connectivity index (χ1) is 14.9. The second-order valence-electron chi connectivity index (χ2n) is 7.34. The molecule has 0 atom stereocenters. The maximum Gasteiger partial charge on any atom is 0.265 e. The standard InChI is InChI=1S/C22H22ClN5O2S/c1-14-4-5-19(23)20(6-14)30-12-16-7-21(31-13-16)22(29)25-18-8-24-28(11-18)10-17-9-27(3)26-15(17)2/h4-9,11,13H,10,12H2,1-3H3,(H,25,29). The van der Waals surface area contributed by atoms with E-state index in [1.165, 1.54) is 11.3 Å². The van der Waals surface area contributed by atoms with Gasteiger partial charge in [0.05, 0.1) is 34.0 Å². The molecule has 0 fully saturated rings. The first kappa shape index (κ1) is 21.1. The van der Waals surface area contributed by atoms with Crippen LogP contribution >= 0.6 is 22.9 Å². The largest absolute Gasteiger partial charge is 0.487 e. The molecule has 0 saturated carbocycles. The van der Waals surface area contributed by atoms with Gasteiger partial charge in [0.1, 0.15) is 12.4 Å². The lowest BCUT2D eigenvalue weighted by atomic mass is 10.2. The third-order valence-corrected chi connectivity index (χ3v) is 5.99. The predicted octanol–water partition coefficient (Wildman–Crippen LogP) is 4.83. The predicted molar refractivity (Wildman–Crippen MR) is 122 cm³/mol. The van der Waals surface area contributed by atoms with Gasteiger partial charge in [-0.25, -0.2) is 0 Å². The minimum Gasteiger partial charge on any atom is -0.487 e. The van der Waals surface area contributed by atoms with E-state index in [0.717, 1.165) is 22.4 Å². The summed E-state index contributed by atoms with van der Waals surface area (Å²) in [6, 6.07) is 7.47. The minimum atomic E-state index is -0.179. The number of nitrogens with zero attached hydrogens (tertiary/aromatic N) is 4. The van der Waals surface area contributed by atoms with Crippen LogP contribution in [0.3, 0.4) is 0 Å². The lowest BCUT2D eigenvalue weighted by Crippen LogP contribution is -2.09. The molecule has 4 rings (SSSR count). The molecule has 3 aromatic heterocycles. The van der Waals surface area contributed by atoms with Gasteiger partial charge < -0.3 is 10.1 Å². The summed E-state index contributed by atoms with van der Waals surface area (Å²) in [5.41, 5.74) is 4.67. The van der Waals surface area contributed by atoms with Crippen LogP contribution in [-0.4, -0.2) is 25.5 Å². The number of rotatable bonds is 7. The number of anilines is 1. The number of halogens is 1. The number of carbonyl (C=O) groups excluding carboxylic acids is 1. The molecule has 0 aliphatic rings. The molecule has 1 N–H and O–H groups in total. The van der Waals surface area contributed by atoms with Gasteiger partial charge in [-0.3, -0.25) is 14.2 Å². The Hall–Kier alpha value is -3.10. The summed E-state index contributed by atoms with van der Waals surface area (Å²) in [6.45, 7) is 4.88. The number of amides is 1. The van der Waals surface area contributed by atoms with E-state index in [4.69, 9.17) is 16.3 Å². The van der Waals surface area contributed by atoms with Crippen LogP contribution < -0.4 is 10.1 Å². The topological polar surface area (TPSA) is 74.0 Å². The monoisotopic (exact) mass is 455 g/mol. The van der Waals surface area contributed by atoms with Crippen LogP contribution in [-0.2, 0) is 20.2 Å². The molecule has 0 bridgehead atoms. The van der Waals surface area contributed by atoms with Crippen molar-refractivity contribution in [2.24, 2.45) is 7.05 Å². The van der Waals surface area contributed by atoms with E-state index < -0.39 is 0 Å². The van der Waals surface area contributed by atoms with Crippen LogP contribution in [0.25, 0.3) is 0 Å². The second-order valence-corrected chi connectivity index (χ2v) is 8.65. The normalized spacial score (nSPS) is 11.0. The molecule has 3 heterocycles. The zero-order valence-corrected chi connectivity index (χ0v) is 19.0. The molecule has 7 nitrogen and oxygen atoms in total. The summed E-state index contributed by atoms with van der Waals surface area (Å²) < 4.78 is 9.37. The van der Waals surface area contributed by atoms with Crippen molar-refractivity contribution in [1.82, 2.24) is 19.6 Å². The number of ether oxygens (including phenoxy) is 1. The van der Waals surface area contributed by atoms with Crippen molar-refractivity contribution in [1.29, 1.82) is 0 Å². The third kappa shape index (κ3) is 5.15. The van der Waals surface area contributed by atoms with E-state index in [0.29, 0.717) is 34.5 Å². The van der Waals surface area contributed by atoms with E-state index >= 15 is 0 Å². The van der Waals surface area contributed by atoms with Crippen LogP contribution in [0.15, 0.2) is 48.2 Å². The summed E-state index contributed by atoms with van der Waals surface area (Å²) >= 11 is 7.54. The van der Waals surface area contributed by atoms with Gasteiger partial charge in [-0.05, 0) is 43.0 Å². The number of benzene rings is 1. The van der Waals surface area contributed by atoms with E-state index in [1.54, 1.807) is 15.6 Å². The fourth-order valence-corrected chi connectivity index (χ4v) is 4.10. The molecule has 0 unspecified atom stereocenters. The molecule has 4 aromatic rings. The molecule has 160 valence electrons. The van der Waals surface area contributed by atoms with Gasteiger partial charge in [0.25, 0.3) is 5.91 Å². The van der Waals surface area contributed by atoms with Crippen molar-refractivity contribution < 1.29 is 9.53 Å². The fraction of sp³-hybridized carbons (Fsp3) is 0.227. The summed E-state index contributed by atoms with van der Waals surface area (Å²) in [7, 11) is 1.89. The number of aromatic nitrogens is 4. The number of nitrogens with one attached hydrogen (secondary N) is 1. The lowest BCUT2D eigenvalue weighted by Gasteiger charge is -2.07. The smallest absolute Gasteiger partial charge is 0.265 e. The van der Waals surface area contributed by atoms with E-state index in [1.807, 2.05) is 62.9 Å². The quantitative estimate of drug-likeness (QED) is 0.433. The van der Waals surface area contributed by atoms with Gasteiger partial charge in [-0.15, -0.1) is 11.3 Å². The molecular formula is C22H22ClN5O2S. The molecule has 9 heteroatoms. The van der Waals surface area contributed by atoms with Crippen LogP contribution in [0.5, 0.6) is 5.75 Å². The van der Waals surface area contributed by atoms with Crippen molar-refractivity contribution in [3.8, 4) is 5.75 Å². The molecule has 0 aliphatic carbocycles. The highest BCUT2D eigenvalue weighted by Gasteiger charge is 2.12. The zero-order chi connectivity index (χ0) is 22.0. The summed E-state index contributed by atoms with van der Waals surface area (Å²) in [4.78, 5) is 13.2. The highest BCUT2D eigenvalue weighted by atomic mass is 35.5. The number of thiophene rings is 1. The van der Waals surface area contributed by atoms with Gasteiger partial charge in [0.2, 0.25) is 0 Å². The van der Waals surface area contributed by atoms with Crippen LogP contribution in [0.4, 0.5) is 5.69 Å². The average molecular weight is 456 g/mol.